The van der Waals surface area contributed by atoms with Crippen LogP contribution >= 0.6 is 0 Å². The number of nitrogens with one attached hydrogen (secondary N) is 1. The van der Waals surface area contributed by atoms with Crippen LogP contribution in [0.5, 0.6) is 5.88 Å². The first-order valence-electron chi connectivity index (χ1n) is 5.26. The van der Waals surface area contributed by atoms with Crippen molar-refractivity contribution in [2.24, 2.45) is 0 Å². The zero-order valence-corrected chi connectivity index (χ0v) is 9.61. The average molecular weight is 232 g/mol. The minimum atomic E-state index is -0.377. The van der Waals surface area contributed by atoms with Crippen molar-refractivity contribution in [2.45, 2.75) is 13.3 Å². The summed E-state index contributed by atoms with van der Waals surface area (Å²) >= 11 is 0. The van der Waals surface area contributed by atoms with Crippen molar-refractivity contribution in [3.63, 3.8) is 0 Å². The van der Waals surface area contributed by atoms with Gasteiger partial charge in [-0.3, -0.25) is 9.59 Å². The number of aromatic nitrogens is 2. The van der Waals surface area contributed by atoms with Crippen molar-refractivity contribution in [1.82, 2.24) is 9.97 Å². The predicted octanol–water partition coefficient (Wildman–Crippen LogP) is 1.52. The number of H-pyrrole nitrogens is 1. The third kappa shape index (κ3) is 1.91. The Morgan fingerprint density at radius 3 is 2.94 bits per heavy atom. The molecule has 5 heteroatoms. The normalized spacial score (nSPS) is 10.5. The van der Waals surface area contributed by atoms with Gasteiger partial charge in [-0.2, -0.15) is 0 Å². The van der Waals surface area contributed by atoms with Crippen LogP contribution in [0.4, 0.5) is 0 Å². The zero-order valence-electron chi connectivity index (χ0n) is 9.61. The molecule has 2 rings (SSSR count). The minimum Gasteiger partial charge on any atom is -0.481 e. The van der Waals surface area contributed by atoms with Gasteiger partial charge in [0.05, 0.1) is 23.6 Å². The van der Waals surface area contributed by atoms with Crippen LogP contribution in [0.15, 0.2) is 23.1 Å². The van der Waals surface area contributed by atoms with Gasteiger partial charge in [0.25, 0.3) is 5.56 Å². The van der Waals surface area contributed by atoms with Crippen molar-refractivity contribution in [1.29, 1.82) is 0 Å². The molecule has 2 aromatic rings. The van der Waals surface area contributed by atoms with Crippen molar-refractivity contribution < 1.29 is 9.53 Å². The van der Waals surface area contributed by atoms with E-state index in [0.29, 0.717) is 16.8 Å². The number of aromatic amines is 1. The third-order valence-electron chi connectivity index (χ3n) is 2.55. The lowest BCUT2D eigenvalue weighted by atomic mass is 10.1. The molecule has 1 N–H and O–H groups in total. The molecule has 0 radical (unpaired) electrons. The van der Waals surface area contributed by atoms with E-state index in [1.807, 2.05) is 0 Å². The van der Waals surface area contributed by atoms with Crippen LogP contribution in [0.25, 0.3) is 10.9 Å². The average Bonchev–Trinajstić information content (AvgIpc) is 2.36. The highest BCUT2D eigenvalue weighted by Gasteiger charge is 2.12. The molecular weight excluding hydrogens is 220 g/mol. The van der Waals surface area contributed by atoms with Crippen molar-refractivity contribution in [3.05, 3.63) is 34.2 Å². The van der Waals surface area contributed by atoms with Gasteiger partial charge in [-0.25, -0.2) is 4.98 Å². The quantitative estimate of drug-likeness (QED) is 0.814. The molecular formula is C12H12N2O3. The first-order chi connectivity index (χ1) is 8.17. The van der Waals surface area contributed by atoms with E-state index < -0.39 is 0 Å². The fourth-order valence-corrected chi connectivity index (χ4v) is 1.66. The number of hydrogen-bond donors (Lipinski definition) is 1. The molecule has 0 amide bonds. The standard InChI is InChI=1S/C12H12N2O3/c1-3-10(15)8-6-7-9(14-11(8)16)4-5-13-12(7)17-2/h4-6H,3H2,1-2H3,(H,14,16). The molecule has 0 bridgehead atoms. The fourth-order valence-electron chi connectivity index (χ4n) is 1.66. The Morgan fingerprint density at radius 2 is 2.29 bits per heavy atom. The second kappa shape index (κ2) is 4.37. The lowest BCUT2D eigenvalue weighted by molar-refractivity contribution is 0.0987. The highest BCUT2D eigenvalue weighted by molar-refractivity contribution is 5.99. The number of methoxy groups -OCH3 is 1. The molecule has 0 aliphatic heterocycles. The molecule has 0 saturated heterocycles. The van der Waals surface area contributed by atoms with E-state index in [-0.39, 0.29) is 23.3 Å². The van der Waals surface area contributed by atoms with Crippen LogP contribution < -0.4 is 10.3 Å². The largest absolute Gasteiger partial charge is 0.481 e. The van der Waals surface area contributed by atoms with Gasteiger partial charge in [0.15, 0.2) is 5.78 Å². The Hall–Kier alpha value is -2.17. The monoisotopic (exact) mass is 232 g/mol. The summed E-state index contributed by atoms with van der Waals surface area (Å²) in [5.41, 5.74) is 0.374. The van der Waals surface area contributed by atoms with E-state index in [0.717, 1.165) is 0 Å². The molecule has 0 aliphatic carbocycles. The highest BCUT2D eigenvalue weighted by Crippen LogP contribution is 2.20. The van der Waals surface area contributed by atoms with Crippen molar-refractivity contribution >= 4 is 16.7 Å². The number of carbonyl (C=O) groups is 1. The molecule has 2 heterocycles. The molecule has 0 unspecified atom stereocenters. The summed E-state index contributed by atoms with van der Waals surface area (Å²) in [5, 5.41) is 0.631. The molecule has 0 aliphatic rings. The van der Waals surface area contributed by atoms with Crippen molar-refractivity contribution in [3.8, 4) is 5.88 Å². The number of fused-ring (bicyclic) bond motifs is 1. The second-order valence-electron chi connectivity index (χ2n) is 3.57. The fraction of sp³-hybridized carbons (Fsp3) is 0.250. The van der Waals surface area contributed by atoms with Crippen molar-refractivity contribution in [2.75, 3.05) is 7.11 Å². The number of carbonyl (C=O) groups excluding carboxylic acids is 1. The number of nitrogens with zero attached hydrogens (tertiary/aromatic N) is 1. The van der Waals surface area contributed by atoms with Gasteiger partial charge in [0, 0.05) is 12.6 Å². The van der Waals surface area contributed by atoms with Crippen LogP contribution in [0.3, 0.4) is 0 Å². The molecule has 0 aromatic carbocycles. The van der Waals surface area contributed by atoms with Gasteiger partial charge < -0.3 is 9.72 Å². The molecule has 0 spiro atoms. The molecule has 17 heavy (non-hydrogen) atoms. The van der Waals surface area contributed by atoms with E-state index >= 15 is 0 Å². The van der Waals surface area contributed by atoms with Crippen LogP contribution in [-0.2, 0) is 0 Å². The van der Waals surface area contributed by atoms with Crippen LogP contribution in [0.1, 0.15) is 23.7 Å². The van der Waals surface area contributed by atoms with E-state index in [9.17, 15) is 9.59 Å². The van der Waals surface area contributed by atoms with Gasteiger partial charge in [-0.05, 0) is 12.1 Å². The summed E-state index contributed by atoms with van der Waals surface area (Å²) < 4.78 is 5.09. The van der Waals surface area contributed by atoms with Gasteiger partial charge in [0.2, 0.25) is 5.88 Å². The molecule has 0 fully saturated rings. The summed E-state index contributed by atoms with van der Waals surface area (Å²) in [6.07, 6.45) is 1.83. The number of pyridine rings is 2. The first-order valence-corrected chi connectivity index (χ1v) is 5.26. The highest BCUT2D eigenvalue weighted by atomic mass is 16.5. The third-order valence-corrected chi connectivity index (χ3v) is 2.55. The molecule has 5 nitrogen and oxygen atoms in total. The Balaban J connectivity index is 2.77. The van der Waals surface area contributed by atoms with Crippen LogP contribution in [0, 0.1) is 0 Å². The summed E-state index contributed by atoms with van der Waals surface area (Å²) in [5.74, 6) is 0.197. The first kappa shape index (κ1) is 11.3. The lowest BCUT2D eigenvalue weighted by Crippen LogP contribution is -2.17. The molecule has 0 saturated carbocycles. The van der Waals surface area contributed by atoms with Gasteiger partial charge in [0.1, 0.15) is 0 Å². The van der Waals surface area contributed by atoms with E-state index in [2.05, 4.69) is 9.97 Å². The number of ether oxygens (including phenoxy) is 1. The maximum absolute atomic E-state index is 11.7. The zero-order chi connectivity index (χ0) is 12.4. The maximum Gasteiger partial charge on any atom is 0.259 e. The van der Waals surface area contributed by atoms with E-state index in [4.69, 9.17) is 4.74 Å². The molecule has 88 valence electrons. The maximum atomic E-state index is 11.7. The smallest absolute Gasteiger partial charge is 0.259 e. The van der Waals surface area contributed by atoms with E-state index in [1.165, 1.54) is 13.2 Å². The number of rotatable bonds is 3. The lowest BCUT2D eigenvalue weighted by Gasteiger charge is -2.05. The van der Waals surface area contributed by atoms with Crippen LogP contribution in [-0.4, -0.2) is 22.9 Å². The van der Waals surface area contributed by atoms with Gasteiger partial charge in [-0.15, -0.1) is 0 Å². The topological polar surface area (TPSA) is 72.0 Å². The summed E-state index contributed by atoms with van der Waals surface area (Å²) in [7, 11) is 1.49. The van der Waals surface area contributed by atoms with Crippen LogP contribution in [0.2, 0.25) is 0 Å². The number of Topliss-reactive ketones (excluding diaryl/α,β-unsaturated/α-hetero) is 1. The summed E-state index contributed by atoms with van der Waals surface area (Å²) in [6, 6.07) is 3.20. The van der Waals surface area contributed by atoms with Gasteiger partial charge in [-0.1, -0.05) is 6.92 Å². The Kier molecular flexibility index (Phi) is 2.91. The molecule has 2 aromatic heterocycles. The summed E-state index contributed by atoms with van der Waals surface area (Å²) in [4.78, 5) is 30.0. The number of hydrogen-bond acceptors (Lipinski definition) is 4. The SMILES string of the molecule is CCC(=O)c1cc2c(OC)nccc2[nH]c1=O. The van der Waals surface area contributed by atoms with E-state index in [1.54, 1.807) is 19.2 Å². The minimum absolute atomic E-state index is 0.145. The van der Waals surface area contributed by atoms with Gasteiger partial charge >= 0.3 is 0 Å². The Morgan fingerprint density at radius 1 is 1.53 bits per heavy atom. The second-order valence-corrected chi connectivity index (χ2v) is 3.57. The number of ketones is 1. The predicted molar refractivity (Wildman–Crippen MR) is 63.5 cm³/mol. The Labute approximate surface area is 97.4 Å². The summed E-state index contributed by atoms with van der Waals surface area (Å²) in [6.45, 7) is 1.71. The Bertz CT molecular complexity index is 631. The molecule has 0 atom stereocenters.